The van der Waals surface area contributed by atoms with Gasteiger partial charge in [0.25, 0.3) is 0 Å². The second-order valence-electron chi connectivity index (χ2n) is 4.13. The Bertz CT molecular complexity index is 543. The van der Waals surface area contributed by atoms with Crippen molar-refractivity contribution in [2.75, 3.05) is 5.32 Å². The number of hydrogen-bond donors (Lipinski definition) is 2. The summed E-state index contributed by atoms with van der Waals surface area (Å²) in [7, 11) is 0. The first kappa shape index (κ1) is 13.2. The zero-order valence-electron chi connectivity index (χ0n) is 10.7. The number of benzene rings is 2. The van der Waals surface area contributed by atoms with Crippen molar-refractivity contribution in [3.63, 3.8) is 0 Å². The molecule has 4 heteroatoms. The number of thioether (sulfide) groups is 1. The predicted octanol–water partition coefficient (Wildman–Crippen LogP) is 5.16. The molecule has 2 aliphatic rings. The van der Waals surface area contributed by atoms with E-state index in [2.05, 4.69) is 59.2 Å². The van der Waals surface area contributed by atoms with Crippen LogP contribution in [0.2, 0.25) is 0 Å². The van der Waals surface area contributed by atoms with Crippen LogP contribution in [-0.4, -0.2) is 0 Å². The Morgan fingerprint density at radius 1 is 0.700 bits per heavy atom. The minimum atomic E-state index is 1.20. The summed E-state index contributed by atoms with van der Waals surface area (Å²) >= 11 is 3.49. The zero-order chi connectivity index (χ0) is 13.6. The van der Waals surface area contributed by atoms with E-state index < -0.39 is 0 Å². The number of fused-ring (bicyclic) bond motifs is 2. The van der Waals surface area contributed by atoms with Gasteiger partial charge in [0.05, 0.1) is 11.4 Å². The third-order valence-corrected chi connectivity index (χ3v) is 4.49. The third-order valence-electron chi connectivity index (χ3n) is 2.75. The Morgan fingerprint density at radius 2 is 1.25 bits per heavy atom. The molecule has 2 aromatic rings. The maximum atomic E-state index is 3.42. The molecule has 4 rings (SSSR count). The molecule has 2 heterocycles. The van der Waals surface area contributed by atoms with E-state index in [1.165, 1.54) is 21.2 Å². The minimum absolute atomic E-state index is 1.20. The van der Waals surface area contributed by atoms with Gasteiger partial charge in [-0.05, 0) is 35.1 Å². The van der Waals surface area contributed by atoms with Crippen molar-refractivity contribution >= 4 is 34.9 Å². The standard InChI is InChI=1S/C12H9NS.C4H5NS/c1-3-7-11-9(5-1)13-10-6-2-4-8-12(10)14-11;1-3-6-4-2-5-1/h1-8,13H;1-5H. The van der Waals surface area contributed by atoms with Crippen molar-refractivity contribution < 1.29 is 0 Å². The van der Waals surface area contributed by atoms with Gasteiger partial charge in [0.1, 0.15) is 0 Å². The third kappa shape index (κ3) is 3.21. The fourth-order valence-electron chi connectivity index (χ4n) is 1.84. The summed E-state index contributed by atoms with van der Waals surface area (Å²) in [6, 6.07) is 16.8. The smallest absolute Gasteiger partial charge is 0.0526 e. The Hall–Kier alpha value is -1.78. The van der Waals surface area contributed by atoms with Crippen LogP contribution in [0.15, 0.2) is 81.5 Å². The van der Waals surface area contributed by atoms with Crippen molar-refractivity contribution in [3.8, 4) is 0 Å². The van der Waals surface area contributed by atoms with Gasteiger partial charge >= 0.3 is 0 Å². The normalized spacial score (nSPS) is 14.0. The van der Waals surface area contributed by atoms with Gasteiger partial charge in [0.15, 0.2) is 0 Å². The van der Waals surface area contributed by atoms with Crippen LogP contribution in [-0.2, 0) is 0 Å². The molecule has 0 aromatic heterocycles. The van der Waals surface area contributed by atoms with Crippen molar-refractivity contribution in [2.45, 2.75) is 9.79 Å². The molecule has 0 radical (unpaired) electrons. The fraction of sp³-hybridized carbons (Fsp3) is 0. The van der Waals surface area contributed by atoms with E-state index >= 15 is 0 Å². The predicted molar refractivity (Wildman–Crippen MR) is 89.3 cm³/mol. The first-order chi connectivity index (χ1) is 9.93. The SMILES string of the molecule is C1=CSC=CN1.c1ccc2c(c1)Nc1ccccc1S2. The Labute approximate surface area is 127 Å². The molecule has 0 saturated carbocycles. The lowest BCUT2D eigenvalue weighted by atomic mass is 10.2. The number of anilines is 2. The summed E-state index contributed by atoms with van der Waals surface area (Å²) < 4.78 is 0. The van der Waals surface area contributed by atoms with Crippen molar-refractivity contribution in [2.24, 2.45) is 0 Å². The first-order valence-corrected chi connectivity index (χ1v) is 8.04. The number of rotatable bonds is 0. The maximum Gasteiger partial charge on any atom is 0.0526 e. The Kier molecular flexibility index (Phi) is 4.35. The first-order valence-electron chi connectivity index (χ1n) is 6.28. The van der Waals surface area contributed by atoms with E-state index in [1.54, 1.807) is 11.8 Å². The molecular formula is C16H14N2S2. The highest BCUT2D eigenvalue weighted by Gasteiger charge is 2.13. The summed E-state index contributed by atoms with van der Waals surface area (Å²) in [5.41, 5.74) is 2.41. The lowest BCUT2D eigenvalue weighted by Gasteiger charge is -2.19. The molecule has 0 spiro atoms. The van der Waals surface area contributed by atoms with Gasteiger partial charge in [-0.25, -0.2) is 0 Å². The molecular weight excluding hydrogens is 284 g/mol. The van der Waals surface area contributed by atoms with Gasteiger partial charge in [0, 0.05) is 22.2 Å². The molecule has 2 N–H and O–H groups in total. The maximum absolute atomic E-state index is 3.42. The summed E-state index contributed by atoms with van der Waals surface area (Å²) in [4.78, 5) is 2.59. The summed E-state index contributed by atoms with van der Waals surface area (Å²) in [5.74, 6) is 0. The van der Waals surface area contributed by atoms with E-state index in [4.69, 9.17) is 0 Å². The molecule has 20 heavy (non-hydrogen) atoms. The van der Waals surface area contributed by atoms with Crippen molar-refractivity contribution in [1.82, 2.24) is 5.32 Å². The van der Waals surface area contributed by atoms with Crippen LogP contribution >= 0.6 is 23.5 Å². The molecule has 0 saturated heterocycles. The van der Waals surface area contributed by atoms with Gasteiger partial charge in [-0.1, -0.05) is 36.0 Å². The Balaban J connectivity index is 0.000000170. The second-order valence-corrected chi connectivity index (χ2v) is 6.03. The summed E-state index contributed by atoms with van der Waals surface area (Å²) in [5, 5.41) is 10.3. The lowest BCUT2D eigenvalue weighted by molar-refractivity contribution is 1.20. The summed E-state index contributed by atoms with van der Waals surface area (Å²) in [6.07, 6.45) is 3.79. The molecule has 100 valence electrons. The van der Waals surface area contributed by atoms with Crippen LogP contribution < -0.4 is 10.6 Å². The van der Waals surface area contributed by atoms with E-state index in [1.807, 2.05) is 35.0 Å². The lowest BCUT2D eigenvalue weighted by Crippen LogP contribution is -1.98. The second kappa shape index (κ2) is 6.59. The average molecular weight is 298 g/mol. The van der Waals surface area contributed by atoms with Gasteiger partial charge in [-0.3, -0.25) is 0 Å². The molecule has 0 bridgehead atoms. The molecule has 0 atom stereocenters. The minimum Gasteiger partial charge on any atom is -0.367 e. The summed E-state index contributed by atoms with van der Waals surface area (Å²) in [6.45, 7) is 0. The van der Waals surface area contributed by atoms with Crippen LogP contribution in [0.3, 0.4) is 0 Å². The van der Waals surface area contributed by atoms with Crippen molar-refractivity contribution in [3.05, 3.63) is 71.7 Å². The van der Waals surface area contributed by atoms with E-state index in [9.17, 15) is 0 Å². The Morgan fingerprint density at radius 3 is 1.70 bits per heavy atom. The average Bonchev–Trinajstić information content (AvgIpc) is 2.55. The number of nitrogens with one attached hydrogen (secondary N) is 2. The van der Waals surface area contributed by atoms with Gasteiger partial charge in [-0.2, -0.15) is 0 Å². The zero-order valence-corrected chi connectivity index (χ0v) is 12.4. The molecule has 2 aromatic carbocycles. The molecule has 0 unspecified atom stereocenters. The van der Waals surface area contributed by atoms with Gasteiger partial charge < -0.3 is 10.6 Å². The topological polar surface area (TPSA) is 24.1 Å². The molecule has 2 aliphatic heterocycles. The van der Waals surface area contributed by atoms with Crippen molar-refractivity contribution in [1.29, 1.82) is 0 Å². The molecule has 0 aliphatic carbocycles. The highest BCUT2D eigenvalue weighted by molar-refractivity contribution is 8.04. The van der Waals surface area contributed by atoms with Gasteiger partial charge in [0.2, 0.25) is 0 Å². The molecule has 0 fully saturated rings. The van der Waals surface area contributed by atoms with Crippen LogP contribution in [0.25, 0.3) is 0 Å². The largest absolute Gasteiger partial charge is 0.367 e. The number of hydrogen-bond acceptors (Lipinski definition) is 4. The van der Waals surface area contributed by atoms with E-state index in [0.29, 0.717) is 0 Å². The quantitative estimate of drug-likeness (QED) is 0.598. The monoisotopic (exact) mass is 298 g/mol. The molecule has 0 amide bonds. The van der Waals surface area contributed by atoms with E-state index in [-0.39, 0.29) is 0 Å². The van der Waals surface area contributed by atoms with Crippen LogP contribution in [0.1, 0.15) is 0 Å². The van der Waals surface area contributed by atoms with Crippen LogP contribution in [0.4, 0.5) is 11.4 Å². The molecule has 2 nitrogen and oxygen atoms in total. The number of para-hydroxylation sites is 2. The highest BCUT2D eigenvalue weighted by atomic mass is 32.2. The van der Waals surface area contributed by atoms with E-state index in [0.717, 1.165) is 0 Å². The van der Waals surface area contributed by atoms with Crippen LogP contribution in [0, 0.1) is 0 Å². The van der Waals surface area contributed by atoms with Crippen LogP contribution in [0.5, 0.6) is 0 Å². The van der Waals surface area contributed by atoms with Gasteiger partial charge in [-0.15, -0.1) is 11.8 Å². The fourth-order valence-corrected chi connectivity index (χ4v) is 3.23. The highest BCUT2D eigenvalue weighted by Crippen LogP contribution is 2.43.